The van der Waals surface area contributed by atoms with Crippen molar-refractivity contribution in [2.45, 2.75) is 19.1 Å². The van der Waals surface area contributed by atoms with Crippen LogP contribution in [-0.4, -0.2) is 18.6 Å². The molecule has 0 saturated heterocycles. The summed E-state index contributed by atoms with van der Waals surface area (Å²) >= 11 is 1.31. The fourth-order valence-electron chi connectivity index (χ4n) is 1.11. The Morgan fingerprint density at radius 1 is 1.44 bits per heavy atom. The maximum atomic E-state index is 11.9. The molecule has 0 unspecified atom stereocenters. The van der Waals surface area contributed by atoms with Gasteiger partial charge in [0.05, 0.1) is 18.0 Å². The number of carbonyl (C=O) groups is 1. The van der Waals surface area contributed by atoms with Gasteiger partial charge in [0, 0.05) is 4.88 Å². The molecule has 0 saturated carbocycles. The minimum atomic E-state index is -4.47. The van der Waals surface area contributed by atoms with Crippen LogP contribution in [0.15, 0.2) is 12.1 Å². The zero-order valence-corrected chi connectivity index (χ0v) is 10.1. The van der Waals surface area contributed by atoms with E-state index < -0.39 is 18.5 Å². The lowest BCUT2D eigenvalue weighted by molar-refractivity contribution is -0.153. The normalized spacial score (nSPS) is 10.7. The first kappa shape index (κ1) is 14.5. The number of nitrogens with one attached hydrogen (secondary N) is 1. The molecule has 0 aliphatic heterocycles. The van der Waals surface area contributed by atoms with E-state index >= 15 is 0 Å². The second-order valence-corrected chi connectivity index (χ2v) is 4.51. The van der Waals surface area contributed by atoms with Crippen molar-refractivity contribution < 1.29 is 18.0 Å². The quantitative estimate of drug-likeness (QED) is 0.824. The van der Waals surface area contributed by atoms with Crippen LogP contribution < -0.4 is 11.1 Å². The fraction of sp³-hybridized carbons (Fsp3) is 0.364. The second-order valence-electron chi connectivity index (χ2n) is 3.34. The van der Waals surface area contributed by atoms with Crippen LogP contribution in [0.3, 0.4) is 0 Å². The summed E-state index contributed by atoms with van der Waals surface area (Å²) in [5.74, 6) is 4.43. The van der Waals surface area contributed by atoms with Crippen LogP contribution in [0.1, 0.15) is 16.2 Å². The standard InChI is InChI=1S/C11H11F3N2OS/c12-11(13,14)6-10(17)16-7-9-4-3-8(18-9)2-1-5-15/h3-4H,5-7,15H2,(H,16,17). The molecule has 18 heavy (non-hydrogen) atoms. The number of carbonyl (C=O) groups excluding carboxylic acids is 1. The predicted molar refractivity (Wildman–Crippen MR) is 62.8 cm³/mol. The number of hydrogen-bond donors (Lipinski definition) is 2. The highest BCUT2D eigenvalue weighted by Crippen LogP contribution is 2.19. The fourth-order valence-corrected chi connectivity index (χ4v) is 1.93. The Morgan fingerprint density at radius 3 is 2.78 bits per heavy atom. The highest BCUT2D eigenvalue weighted by molar-refractivity contribution is 7.12. The summed E-state index contributed by atoms with van der Waals surface area (Å²) in [6, 6.07) is 3.44. The molecular weight excluding hydrogens is 265 g/mol. The van der Waals surface area contributed by atoms with Gasteiger partial charge in [-0.25, -0.2) is 0 Å². The van der Waals surface area contributed by atoms with Crippen LogP contribution in [0.4, 0.5) is 13.2 Å². The molecule has 1 aromatic heterocycles. The third-order valence-electron chi connectivity index (χ3n) is 1.80. The van der Waals surface area contributed by atoms with Gasteiger partial charge in [0.1, 0.15) is 6.42 Å². The van der Waals surface area contributed by atoms with Crippen LogP contribution in [-0.2, 0) is 11.3 Å². The largest absolute Gasteiger partial charge is 0.397 e. The van der Waals surface area contributed by atoms with Crippen molar-refractivity contribution in [3.63, 3.8) is 0 Å². The topological polar surface area (TPSA) is 55.1 Å². The Hall–Kier alpha value is -1.52. The molecule has 0 atom stereocenters. The highest BCUT2D eigenvalue weighted by Gasteiger charge is 2.30. The number of thiophene rings is 1. The molecule has 0 aliphatic rings. The Bertz CT molecular complexity index is 471. The average Bonchev–Trinajstić information content (AvgIpc) is 2.69. The van der Waals surface area contributed by atoms with Crippen molar-refractivity contribution in [2.24, 2.45) is 5.73 Å². The summed E-state index contributed by atoms with van der Waals surface area (Å²) in [7, 11) is 0. The van der Waals surface area contributed by atoms with E-state index in [0.717, 1.165) is 9.75 Å². The van der Waals surface area contributed by atoms with Crippen molar-refractivity contribution in [2.75, 3.05) is 6.54 Å². The zero-order chi connectivity index (χ0) is 13.6. The van der Waals surface area contributed by atoms with E-state index in [-0.39, 0.29) is 13.1 Å². The molecule has 0 spiro atoms. The van der Waals surface area contributed by atoms with Gasteiger partial charge in [-0.1, -0.05) is 11.8 Å². The first-order valence-electron chi connectivity index (χ1n) is 5.02. The lowest BCUT2D eigenvalue weighted by Crippen LogP contribution is -2.27. The van der Waals surface area contributed by atoms with Crippen molar-refractivity contribution in [3.8, 4) is 11.8 Å². The van der Waals surface area contributed by atoms with Crippen LogP contribution >= 0.6 is 11.3 Å². The number of amides is 1. The smallest absolute Gasteiger partial charge is 0.351 e. The third kappa shape index (κ3) is 5.70. The highest BCUT2D eigenvalue weighted by atomic mass is 32.1. The first-order valence-corrected chi connectivity index (χ1v) is 5.83. The Balaban J connectivity index is 2.44. The van der Waals surface area contributed by atoms with Crippen molar-refractivity contribution in [1.82, 2.24) is 5.32 Å². The second kappa shape index (κ2) is 6.42. The summed E-state index contributed by atoms with van der Waals surface area (Å²) in [5.41, 5.74) is 5.21. The van der Waals surface area contributed by atoms with Crippen molar-refractivity contribution >= 4 is 17.2 Å². The van der Waals surface area contributed by atoms with Crippen LogP contribution in [0, 0.1) is 11.8 Å². The maximum Gasteiger partial charge on any atom is 0.397 e. The third-order valence-corrected chi connectivity index (χ3v) is 2.80. The molecule has 3 nitrogen and oxygen atoms in total. The van der Waals surface area contributed by atoms with E-state index in [4.69, 9.17) is 5.73 Å². The average molecular weight is 276 g/mol. The van der Waals surface area contributed by atoms with Gasteiger partial charge in [-0.3, -0.25) is 4.79 Å². The molecule has 0 aromatic carbocycles. The molecule has 1 aromatic rings. The Kier molecular flexibility index (Phi) is 5.19. The summed E-state index contributed by atoms with van der Waals surface area (Å²) < 4.78 is 35.7. The lowest BCUT2D eigenvalue weighted by atomic mass is 10.3. The molecular formula is C11H11F3N2OS. The molecule has 0 bridgehead atoms. The van der Waals surface area contributed by atoms with E-state index in [1.165, 1.54) is 11.3 Å². The number of halogens is 3. The molecule has 0 fully saturated rings. The number of hydrogen-bond acceptors (Lipinski definition) is 3. The summed E-state index contributed by atoms with van der Waals surface area (Å²) in [6.07, 6.45) is -5.94. The molecule has 3 N–H and O–H groups in total. The molecule has 1 rings (SSSR count). The van der Waals surface area contributed by atoms with E-state index in [9.17, 15) is 18.0 Å². The zero-order valence-electron chi connectivity index (χ0n) is 9.30. The van der Waals surface area contributed by atoms with Crippen molar-refractivity contribution in [1.29, 1.82) is 0 Å². The first-order chi connectivity index (χ1) is 8.40. The summed E-state index contributed by atoms with van der Waals surface area (Å²) in [6.45, 7) is 0.319. The van der Waals surface area contributed by atoms with Gasteiger partial charge < -0.3 is 11.1 Å². The minimum absolute atomic E-state index is 0.0733. The van der Waals surface area contributed by atoms with Gasteiger partial charge in [0.15, 0.2) is 0 Å². The molecule has 0 radical (unpaired) electrons. The Morgan fingerprint density at radius 2 is 2.17 bits per heavy atom. The van der Waals surface area contributed by atoms with Gasteiger partial charge >= 0.3 is 6.18 Å². The van der Waals surface area contributed by atoms with Gasteiger partial charge in [-0.2, -0.15) is 13.2 Å². The monoisotopic (exact) mass is 276 g/mol. The molecule has 1 heterocycles. The van der Waals surface area contributed by atoms with E-state index in [1.807, 2.05) is 0 Å². The van der Waals surface area contributed by atoms with E-state index in [2.05, 4.69) is 17.2 Å². The van der Waals surface area contributed by atoms with Crippen molar-refractivity contribution in [3.05, 3.63) is 21.9 Å². The van der Waals surface area contributed by atoms with Gasteiger partial charge in [-0.05, 0) is 12.1 Å². The number of rotatable bonds is 3. The molecule has 1 amide bonds. The van der Waals surface area contributed by atoms with Crippen LogP contribution in [0.25, 0.3) is 0 Å². The van der Waals surface area contributed by atoms with Gasteiger partial charge in [0.2, 0.25) is 5.91 Å². The maximum absolute atomic E-state index is 11.9. The number of alkyl halides is 3. The number of nitrogens with two attached hydrogens (primary N) is 1. The minimum Gasteiger partial charge on any atom is -0.351 e. The molecule has 0 aliphatic carbocycles. The summed E-state index contributed by atoms with van der Waals surface area (Å²) in [4.78, 5) is 12.4. The Labute approximate surface area is 106 Å². The molecule has 7 heteroatoms. The van der Waals surface area contributed by atoms with Crippen LogP contribution in [0.2, 0.25) is 0 Å². The van der Waals surface area contributed by atoms with Gasteiger partial charge in [-0.15, -0.1) is 11.3 Å². The van der Waals surface area contributed by atoms with Crippen LogP contribution in [0.5, 0.6) is 0 Å². The SMILES string of the molecule is NCC#Cc1ccc(CNC(=O)CC(F)(F)F)s1. The lowest BCUT2D eigenvalue weighted by Gasteiger charge is -2.06. The summed E-state index contributed by atoms with van der Waals surface area (Å²) in [5, 5.41) is 2.20. The van der Waals surface area contributed by atoms with E-state index in [1.54, 1.807) is 12.1 Å². The van der Waals surface area contributed by atoms with E-state index in [0.29, 0.717) is 0 Å². The van der Waals surface area contributed by atoms with Gasteiger partial charge in [0.25, 0.3) is 0 Å². The predicted octanol–water partition coefficient (Wildman–Crippen LogP) is 1.63. The molecule has 98 valence electrons.